The Morgan fingerprint density at radius 3 is 2.65 bits per heavy atom. The largest absolute Gasteiger partial charge is 0.299 e. The number of Topliss-reactive ketones (excluding diaryl/α,β-unsaturated/α-hetero) is 2. The van der Waals surface area contributed by atoms with Gasteiger partial charge in [-0.2, -0.15) is 4.31 Å². The maximum absolute atomic E-state index is 12.9. The smallest absolute Gasteiger partial charge is 0.245 e. The summed E-state index contributed by atoms with van der Waals surface area (Å²) < 4.78 is 26.9. The number of fused-ring (bicyclic) bond motifs is 1. The Morgan fingerprint density at radius 2 is 1.91 bits per heavy atom. The van der Waals surface area contributed by atoms with Crippen LogP contribution in [0.3, 0.4) is 0 Å². The Balaban J connectivity index is 2.03. The minimum absolute atomic E-state index is 0.0720. The molecule has 1 aliphatic carbocycles. The molecule has 1 saturated carbocycles. The first kappa shape index (κ1) is 15.8. The second-order valence-corrected chi connectivity index (χ2v) is 7.55. The van der Waals surface area contributed by atoms with E-state index < -0.39 is 16.1 Å². The molecule has 1 aromatic carbocycles. The van der Waals surface area contributed by atoms with Gasteiger partial charge in [-0.3, -0.25) is 14.6 Å². The average molecular weight is 332 g/mol. The highest BCUT2D eigenvalue weighted by molar-refractivity contribution is 7.89. The van der Waals surface area contributed by atoms with Crippen molar-refractivity contribution in [1.29, 1.82) is 0 Å². The van der Waals surface area contributed by atoms with E-state index in [1.165, 1.54) is 19.3 Å². The van der Waals surface area contributed by atoms with Gasteiger partial charge in [0.1, 0.15) is 10.7 Å². The number of hydrogen-bond acceptors (Lipinski definition) is 5. The predicted octanol–water partition coefficient (Wildman–Crippen LogP) is 1.55. The fraction of sp³-hybridized carbons (Fsp3) is 0.312. The first-order valence-corrected chi connectivity index (χ1v) is 8.71. The van der Waals surface area contributed by atoms with Crippen LogP contribution in [-0.2, 0) is 19.6 Å². The number of carbonyl (C=O) groups excluding carboxylic acids is 2. The molecule has 0 N–H and O–H groups in total. The summed E-state index contributed by atoms with van der Waals surface area (Å²) in [4.78, 5) is 27.6. The molecule has 1 heterocycles. The number of pyridine rings is 1. The van der Waals surface area contributed by atoms with Crippen molar-refractivity contribution in [3.8, 4) is 0 Å². The SMILES string of the molecule is CN(C1CCC(=O)CC1=O)S(=O)(=O)c1cccc2cccnc12. The molecule has 120 valence electrons. The zero-order chi connectivity index (χ0) is 16.6. The number of ketones is 2. The van der Waals surface area contributed by atoms with Gasteiger partial charge in [-0.15, -0.1) is 0 Å². The molecule has 23 heavy (non-hydrogen) atoms. The van der Waals surface area contributed by atoms with Crippen LogP contribution in [0.5, 0.6) is 0 Å². The van der Waals surface area contributed by atoms with Crippen molar-refractivity contribution in [1.82, 2.24) is 9.29 Å². The van der Waals surface area contributed by atoms with Gasteiger partial charge in [0, 0.05) is 25.1 Å². The lowest BCUT2D eigenvalue weighted by molar-refractivity contribution is -0.132. The van der Waals surface area contributed by atoms with Gasteiger partial charge in [-0.25, -0.2) is 8.42 Å². The van der Waals surface area contributed by atoms with Crippen LogP contribution in [0.15, 0.2) is 41.4 Å². The van der Waals surface area contributed by atoms with Gasteiger partial charge in [0.05, 0.1) is 18.0 Å². The average Bonchev–Trinajstić information content (AvgIpc) is 2.53. The first-order valence-electron chi connectivity index (χ1n) is 7.27. The van der Waals surface area contributed by atoms with E-state index in [1.807, 2.05) is 0 Å². The van der Waals surface area contributed by atoms with Gasteiger partial charge in [-0.05, 0) is 18.6 Å². The van der Waals surface area contributed by atoms with Crippen LogP contribution in [0, 0.1) is 0 Å². The number of carbonyl (C=O) groups is 2. The number of sulfonamides is 1. The summed E-state index contributed by atoms with van der Waals surface area (Å²) in [5.74, 6) is -0.482. The second-order valence-electron chi connectivity index (χ2n) is 5.59. The molecular weight excluding hydrogens is 316 g/mol. The van der Waals surface area contributed by atoms with Gasteiger partial charge < -0.3 is 0 Å². The third-order valence-electron chi connectivity index (χ3n) is 4.13. The van der Waals surface area contributed by atoms with E-state index in [2.05, 4.69) is 4.98 Å². The molecule has 0 amide bonds. The summed E-state index contributed by atoms with van der Waals surface area (Å²) in [5, 5.41) is 0.715. The summed E-state index contributed by atoms with van der Waals surface area (Å²) in [6.07, 6.45) is 1.79. The number of nitrogens with zero attached hydrogens (tertiary/aromatic N) is 2. The lowest BCUT2D eigenvalue weighted by Gasteiger charge is -2.28. The van der Waals surface area contributed by atoms with Crippen molar-refractivity contribution in [3.05, 3.63) is 36.5 Å². The van der Waals surface area contributed by atoms with E-state index in [-0.39, 0.29) is 35.7 Å². The summed E-state index contributed by atoms with van der Waals surface area (Å²) >= 11 is 0. The van der Waals surface area contributed by atoms with Gasteiger partial charge in [-0.1, -0.05) is 18.2 Å². The number of para-hydroxylation sites is 1. The monoisotopic (exact) mass is 332 g/mol. The molecule has 1 aromatic heterocycles. The maximum atomic E-state index is 12.9. The molecule has 3 rings (SSSR count). The third-order valence-corrected chi connectivity index (χ3v) is 6.03. The van der Waals surface area contributed by atoms with Gasteiger partial charge in [0.25, 0.3) is 0 Å². The minimum Gasteiger partial charge on any atom is -0.299 e. The Bertz CT molecular complexity index is 887. The molecular formula is C16H16N2O4S. The van der Waals surface area contributed by atoms with E-state index in [1.54, 1.807) is 24.3 Å². The van der Waals surface area contributed by atoms with Gasteiger partial charge >= 0.3 is 0 Å². The molecule has 1 aliphatic rings. The van der Waals surface area contributed by atoms with Crippen LogP contribution in [0.2, 0.25) is 0 Å². The Morgan fingerprint density at radius 1 is 1.17 bits per heavy atom. The number of hydrogen-bond donors (Lipinski definition) is 0. The molecule has 0 bridgehead atoms. The van der Waals surface area contributed by atoms with Crippen molar-refractivity contribution in [3.63, 3.8) is 0 Å². The van der Waals surface area contributed by atoms with E-state index in [0.717, 1.165) is 4.31 Å². The summed E-state index contributed by atoms with van der Waals surface area (Å²) in [6, 6.07) is 7.64. The van der Waals surface area contributed by atoms with Gasteiger partial charge in [0.2, 0.25) is 10.0 Å². The molecule has 7 heteroatoms. The Kier molecular flexibility index (Phi) is 3.99. The molecule has 0 radical (unpaired) electrons. The molecule has 0 spiro atoms. The van der Waals surface area contributed by atoms with Crippen LogP contribution < -0.4 is 0 Å². The zero-order valence-corrected chi connectivity index (χ0v) is 13.4. The highest BCUT2D eigenvalue weighted by atomic mass is 32.2. The maximum Gasteiger partial charge on any atom is 0.245 e. The van der Waals surface area contributed by atoms with E-state index in [4.69, 9.17) is 0 Å². The number of likely N-dealkylation sites (N-methyl/N-ethyl adjacent to an activating group) is 1. The fourth-order valence-electron chi connectivity index (χ4n) is 2.85. The van der Waals surface area contributed by atoms with Crippen molar-refractivity contribution in [2.24, 2.45) is 0 Å². The number of aromatic nitrogens is 1. The van der Waals surface area contributed by atoms with Crippen molar-refractivity contribution in [2.45, 2.75) is 30.2 Å². The van der Waals surface area contributed by atoms with Crippen LogP contribution in [0.25, 0.3) is 10.9 Å². The lowest BCUT2D eigenvalue weighted by atomic mass is 9.93. The topological polar surface area (TPSA) is 84.4 Å². The summed E-state index contributed by atoms with van der Waals surface area (Å²) in [7, 11) is -2.49. The first-order chi connectivity index (χ1) is 10.9. The van der Waals surface area contributed by atoms with Crippen LogP contribution in [0.1, 0.15) is 19.3 Å². The van der Waals surface area contributed by atoms with Crippen LogP contribution in [0.4, 0.5) is 0 Å². The molecule has 2 aromatic rings. The lowest BCUT2D eigenvalue weighted by Crippen LogP contribution is -2.45. The Labute approximate surface area is 134 Å². The van der Waals surface area contributed by atoms with Crippen LogP contribution in [-0.4, -0.2) is 42.4 Å². The van der Waals surface area contributed by atoms with Gasteiger partial charge in [0.15, 0.2) is 5.78 Å². The zero-order valence-electron chi connectivity index (χ0n) is 12.6. The molecule has 6 nitrogen and oxygen atoms in total. The Hall–Kier alpha value is -2.12. The van der Waals surface area contributed by atoms with Crippen molar-refractivity contribution >= 4 is 32.5 Å². The van der Waals surface area contributed by atoms with Crippen LogP contribution >= 0.6 is 0 Å². The summed E-state index contributed by atoms with van der Waals surface area (Å²) in [6.45, 7) is 0. The number of benzene rings is 1. The van der Waals surface area contributed by atoms with E-state index >= 15 is 0 Å². The third kappa shape index (κ3) is 2.77. The van der Waals surface area contributed by atoms with Crippen molar-refractivity contribution in [2.75, 3.05) is 7.05 Å². The molecule has 1 unspecified atom stereocenters. The van der Waals surface area contributed by atoms with E-state index in [9.17, 15) is 18.0 Å². The quantitative estimate of drug-likeness (QED) is 0.796. The highest BCUT2D eigenvalue weighted by Gasteiger charge is 2.37. The normalized spacial score (nSPS) is 19.5. The predicted molar refractivity (Wildman–Crippen MR) is 84.3 cm³/mol. The van der Waals surface area contributed by atoms with E-state index in [0.29, 0.717) is 10.9 Å². The molecule has 0 saturated heterocycles. The molecule has 1 fully saturated rings. The number of rotatable bonds is 3. The molecule has 0 aliphatic heterocycles. The molecule has 1 atom stereocenters. The summed E-state index contributed by atoms with van der Waals surface area (Å²) in [5.41, 5.74) is 0.376. The fourth-order valence-corrected chi connectivity index (χ4v) is 4.38. The second kappa shape index (κ2) is 5.82. The van der Waals surface area contributed by atoms with Crippen molar-refractivity contribution < 1.29 is 18.0 Å². The standard InChI is InChI=1S/C16H16N2O4S/c1-18(13-8-7-12(19)10-14(13)20)23(21,22)15-6-2-4-11-5-3-9-17-16(11)15/h2-6,9,13H,7-8,10H2,1H3. The minimum atomic E-state index is -3.88. The highest BCUT2D eigenvalue weighted by Crippen LogP contribution is 2.27.